The highest BCUT2D eigenvalue weighted by atomic mass is 32.1. The van der Waals surface area contributed by atoms with Gasteiger partial charge < -0.3 is 9.15 Å². The molecule has 3 rings (SSSR count). The molecule has 0 aliphatic heterocycles. The van der Waals surface area contributed by atoms with Gasteiger partial charge in [0, 0.05) is 6.92 Å². The van der Waals surface area contributed by atoms with Crippen LogP contribution in [0.25, 0.3) is 0 Å². The zero-order chi connectivity index (χ0) is 16.2. The number of nitrogens with zero attached hydrogens (tertiary/aromatic N) is 3. The molecule has 0 unspecified atom stereocenters. The van der Waals surface area contributed by atoms with E-state index in [0.717, 1.165) is 5.75 Å². The van der Waals surface area contributed by atoms with Crippen molar-refractivity contribution in [3.63, 3.8) is 0 Å². The van der Waals surface area contributed by atoms with Crippen molar-refractivity contribution in [2.24, 2.45) is 0 Å². The third-order valence-electron chi connectivity index (χ3n) is 2.90. The molecule has 7 nitrogen and oxygen atoms in total. The second-order valence-electron chi connectivity index (χ2n) is 4.72. The van der Waals surface area contributed by atoms with E-state index in [9.17, 15) is 4.79 Å². The molecule has 0 saturated carbocycles. The summed E-state index contributed by atoms with van der Waals surface area (Å²) < 4.78 is 11.0. The summed E-state index contributed by atoms with van der Waals surface area (Å²) in [5.74, 6) is 1.05. The van der Waals surface area contributed by atoms with Crippen molar-refractivity contribution in [1.29, 1.82) is 0 Å². The van der Waals surface area contributed by atoms with Gasteiger partial charge in [0.2, 0.25) is 0 Å². The van der Waals surface area contributed by atoms with Gasteiger partial charge in [-0.1, -0.05) is 34.6 Å². The maximum atomic E-state index is 11.4. The van der Waals surface area contributed by atoms with Crippen molar-refractivity contribution in [3.8, 4) is 5.75 Å². The van der Waals surface area contributed by atoms with E-state index in [4.69, 9.17) is 9.15 Å². The van der Waals surface area contributed by atoms with Crippen molar-refractivity contribution in [2.75, 3.05) is 5.32 Å². The molecule has 8 heteroatoms. The monoisotopic (exact) mass is 330 g/mol. The van der Waals surface area contributed by atoms with Crippen molar-refractivity contribution in [1.82, 2.24) is 15.2 Å². The summed E-state index contributed by atoms with van der Waals surface area (Å²) in [6.45, 7) is 3.47. The van der Waals surface area contributed by atoms with E-state index in [1.165, 1.54) is 18.3 Å². The third-order valence-corrected chi connectivity index (χ3v) is 4.08. The number of rotatable bonds is 6. The summed E-state index contributed by atoms with van der Waals surface area (Å²) in [4.78, 5) is 16.3. The quantitative estimate of drug-likeness (QED) is 0.693. The van der Waals surface area contributed by atoms with Crippen molar-refractivity contribution in [3.05, 3.63) is 46.8 Å². The number of para-hydroxylation sites is 1. The van der Waals surface area contributed by atoms with Gasteiger partial charge in [0.15, 0.2) is 17.5 Å². The van der Waals surface area contributed by atoms with E-state index in [0.29, 0.717) is 21.6 Å². The fourth-order valence-corrected chi connectivity index (χ4v) is 2.74. The summed E-state index contributed by atoms with van der Waals surface area (Å²) in [5, 5.41) is 11.2. The fourth-order valence-electron chi connectivity index (χ4n) is 1.89. The molecule has 0 fully saturated rings. The topological polar surface area (TPSA) is 90.1 Å². The lowest BCUT2D eigenvalue weighted by molar-refractivity contribution is 0.102. The van der Waals surface area contributed by atoms with Gasteiger partial charge in [0.05, 0.1) is 10.6 Å². The van der Waals surface area contributed by atoms with Gasteiger partial charge in [-0.2, -0.15) is 0 Å². The van der Waals surface area contributed by atoms with Crippen LogP contribution in [-0.4, -0.2) is 21.0 Å². The SMILES string of the molecule is CC(=O)c1sc(Nc2nnc(COc3ccccc3)o2)nc1C. The van der Waals surface area contributed by atoms with Crippen LogP contribution in [0.3, 0.4) is 0 Å². The minimum absolute atomic E-state index is 0.0180. The predicted molar refractivity (Wildman–Crippen MR) is 85.2 cm³/mol. The van der Waals surface area contributed by atoms with E-state index >= 15 is 0 Å². The first kappa shape index (κ1) is 15.2. The first-order valence-electron chi connectivity index (χ1n) is 6.87. The average molecular weight is 330 g/mol. The number of Topliss-reactive ketones (excluding diaryl/α,β-unsaturated/α-hetero) is 1. The number of ketones is 1. The molecule has 23 heavy (non-hydrogen) atoms. The highest BCUT2D eigenvalue weighted by molar-refractivity contribution is 7.17. The number of nitrogens with one attached hydrogen (secondary N) is 1. The van der Waals surface area contributed by atoms with Crippen LogP contribution in [0.1, 0.15) is 28.2 Å². The highest BCUT2D eigenvalue weighted by Gasteiger charge is 2.14. The Labute approximate surface area is 136 Å². The molecular weight excluding hydrogens is 316 g/mol. The minimum atomic E-state index is -0.0180. The molecule has 0 spiro atoms. The molecular formula is C15H14N4O3S. The number of aryl methyl sites for hydroxylation is 1. The van der Waals surface area contributed by atoms with Crippen LogP contribution >= 0.6 is 11.3 Å². The number of carbonyl (C=O) groups excluding carboxylic acids is 1. The molecule has 0 atom stereocenters. The zero-order valence-corrected chi connectivity index (χ0v) is 13.4. The summed E-state index contributed by atoms with van der Waals surface area (Å²) in [6.07, 6.45) is 0. The molecule has 118 valence electrons. The molecule has 0 radical (unpaired) electrons. The first-order chi connectivity index (χ1) is 11.1. The maximum absolute atomic E-state index is 11.4. The van der Waals surface area contributed by atoms with Crippen LogP contribution in [0.15, 0.2) is 34.7 Å². The first-order valence-corrected chi connectivity index (χ1v) is 7.69. The Morgan fingerprint density at radius 2 is 2.09 bits per heavy atom. The van der Waals surface area contributed by atoms with Gasteiger partial charge in [-0.15, -0.1) is 5.10 Å². The van der Waals surface area contributed by atoms with E-state index in [1.54, 1.807) is 6.92 Å². The van der Waals surface area contributed by atoms with E-state index in [-0.39, 0.29) is 18.4 Å². The molecule has 0 saturated heterocycles. The number of carbonyl (C=O) groups is 1. The molecule has 2 aromatic heterocycles. The summed E-state index contributed by atoms with van der Waals surface area (Å²) >= 11 is 1.25. The van der Waals surface area contributed by atoms with Crippen LogP contribution in [0, 0.1) is 6.92 Å². The van der Waals surface area contributed by atoms with Gasteiger partial charge in [-0.05, 0) is 19.1 Å². The van der Waals surface area contributed by atoms with Crippen molar-refractivity contribution in [2.45, 2.75) is 20.5 Å². The van der Waals surface area contributed by atoms with Crippen molar-refractivity contribution < 1.29 is 13.9 Å². The zero-order valence-electron chi connectivity index (χ0n) is 12.6. The van der Waals surface area contributed by atoms with Gasteiger partial charge in [-0.25, -0.2) is 4.98 Å². The Bertz CT molecular complexity index is 813. The van der Waals surface area contributed by atoms with Gasteiger partial charge in [0.1, 0.15) is 5.75 Å². The molecule has 0 bridgehead atoms. The maximum Gasteiger partial charge on any atom is 0.321 e. The number of hydrogen-bond donors (Lipinski definition) is 1. The van der Waals surface area contributed by atoms with Crippen LogP contribution < -0.4 is 10.1 Å². The number of hydrogen-bond acceptors (Lipinski definition) is 8. The van der Waals surface area contributed by atoms with Crippen LogP contribution in [0.2, 0.25) is 0 Å². The lowest BCUT2D eigenvalue weighted by Gasteiger charge is -2.01. The molecule has 0 aliphatic rings. The van der Waals surface area contributed by atoms with Gasteiger partial charge >= 0.3 is 6.01 Å². The highest BCUT2D eigenvalue weighted by Crippen LogP contribution is 2.25. The Morgan fingerprint density at radius 3 is 2.78 bits per heavy atom. The van der Waals surface area contributed by atoms with Crippen LogP contribution in [0.4, 0.5) is 11.1 Å². The number of benzene rings is 1. The standard InChI is InChI=1S/C15H14N4O3S/c1-9-13(10(2)20)23-15(16-9)17-14-19-18-12(22-14)8-21-11-6-4-3-5-7-11/h3-7H,8H2,1-2H3,(H,16,17,19). The number of thiazole rings is 1. The lowest BCUT2D eigenvalue weighted by Crippen LogP contribution is -1.95. The molecule has 1 aromatic carbocycles. The summed E-state index contributed by atoms with van der Waals surface area (Å²) in [6, 6.07) is 9.57. The number of anilines is 2. The Balaban J connectivity index is 1.63. The number of ether oxygens (including phenoxy) is 1. The van der Waals surface area contributed by atoms with Crippen molar-refractivity contribution >= 4 is 28.3 Å². The van der Waals surface area contributed by atoms with E-state index in [1.807, 2.05) is 30.3 Å². The average Bonchev–Trinajstić information content (AvgIpc) is 3.13. The summed E-state index contributed by atoms with van der Waals surface area (Å²) in [7, 11) is 0. The molecule has 0 aliphatic carbocycles. The van der Waals surface area contributed by atoms with Gasteiger partial charge in [-0.3, -0.25) is 10.1 Å². The second-order valence-corrected chi connectivity index (χ2v) is 5.72. The van der Waals surface area contributed by atoms with Crippen LogP contribution in [0.5, 0.6) is 5.75 Å². The van der Waals surface area contributed by atoms with E-state index < -0.39 is 0 Å². The molecule has 0 amide bonds. The Kier molecular flexibility index (Phi) is 4.33. The minimum Gasteiger partial charge on any atom is -0.484 e. The number of aromatic nitrogens is 3. The largest absolute Gasteiger partial charge is 0.484 e. The molecule has 2 heterocycles. The fraction of sp³-hybridized carbons (Fsp3) is 0.200. The Hall–Kier alpha value is -2.74. The van der Waals surface area contributed by atoms with E-state index in [2.05, 4.69) is 20.5 Å². The predicted octanol–water partition coefficient (Wildman–Crippen LogP) is 3.36. The van der Waals surface area contributed by atoms with Gasteiger partial charge in [0.25, 0.3) is 5.89 Å². The summed E-state index contributed by atoms with van der Waals surface area (Å²) in [5.41, 5.74) is 0.678. The lowest BCUT2D eigenvalue weighted by atomic mass is 10.3. The molecule has 1 N–H and O–H groups in total. The second kappa shape index (κ2) is 6.57. The third kappa shape index (κ3) is 3.72. The molecule has 3 aromatic rings. The smallest absolute Gasteiger partial charge is 0.321 e. The normalized spacial score (nSPS) is 10.5. The van der Waals surface area contributed by atoms with Crippen LogP contribution in [-0.2, 0) is 6.61 Å². The Morgan fingerprint density at radius 1 is 1.30 bits per heavy atom.